The van der Waals surface area contributed by atoms with Gasteiger partial charge < -0.3 is 19.7 Å². The lowest BCUT2D eigenvalue weighted by Crippen LogP contribution is -2.23. The predicted octanol–water partition coefficient (Wildman–Crippen LogP) is 1.91. The predicted molar refractivity (Wildman–Crippen MR) is 69.7 cm³/mol. The zero-order valence-corrected chi connectivity index (χ0v) is 11.0. The molecule has 4 heteroatoms. The van der Waals surface area contributed by atoms with E-state index in [9.17, 15) is 10.2 Å². The molecule has 0 fully saturated rings. The summed E-state index contributed by atoms with van der Waals surface area (Å²) in [6, 6.07) is 7.25. The van der Waals surface area contributed by atoms with Gasteiger partial charge in [0.1, 0.15) is 18.5 Å². The molecular weight excluding hydrogens is 232 g/mol. The van der Waals surface area contributed by atoms with E-state index in [4.69, 9.17) is 9.47 Å². The Labute approximate surface area is 108 Å². The van der Waals surface area contributed by atoms with E-state index in [2.05, 4.69) is 0 Å². The van der Waals surface area contributed by atoms with Crippen molar-refractivity contribution in [2.45, 2.75) is 32.5 Å². The highest BCUT2D eigenvalue weighted by Crippen LogP contribution is 2.19. The van der Waals surface area contributed by atoms with Crippen LogP contribution in [0.4, 0.5) is 0 Å². The van der Waals surface area contributed by atoms with Gasteiger partial charge in [0.2, 0.25) is 0 Å². The molecule has 2 N–H and O–H groups in total. The van der Waals surface area contributed by atoms with E-state index in [-0.39, 0.29) is 13.2 Å². The van der Waals surface area contributed by atoms with Gasteiger partial charge in [0.15, 0.2) is 0 Å². The van der Waals surface area contributed by atoms with Crippen LogP contribution in [0.3, 0.4) is 0 Å². The van der Waals surface area contributed by atoms with E-state index in [0.29, 0.717) is 18.8 Å². The third kappa shape index (κ3) is 5.04. The molecule has 1 unspecified atom stereocenters. The van der Waals surface area contributed by atoms with Crippen molar-refractivity contribution in [1.82, 2.24) is 0 Å². The lowest BCUT2D eigenvalue weighted by molar-refractivity contribution is 0.0164. The van der Waals surface area contributed by atoms with E-state index in [0.717, 1.165) is 5.56 Å². The lowest BCUT2D eigenvalue weighted by atomic mass is 10.1. The Morgan fingerprint density at radius 3 is 2.28 bits per heavy atom. The zero-order valence-electron chi connectivity index (χ0n) is 11.0. The molecule has 0 bridgehead atoms. The highest BCUT2D eigenvalue weighted by atomic mass is 16.5. The minimum atomic E-state index is -0.620. The number of aliphatic hydroxyl groups excluding tert-OH is 2. The number of ether oxygens (including phenoxy) is 2. The molecule has 18 heavy (non-hydrogen) atoms. The van der Waals surface area contributed by atoms with Crippen LogP contribution >= 0.6 is 0 Å². The highest BCUT2D eigenvalue weighted by molar-refractivity contribution is 5.28. The molecule has 0 spiro atoms. The van der Waals surface area contributed by atoms with Gasteiger partial charge in [-0.2, -0.15) is 0 Å². The fourth-order valence-corrected chi connectivity index (χ4v) is 1.52. The summed E-state index contributed by atoms with van der Waals surface area (Å²) in [5.74, 6) is 0.678. The second-order valence-electron chi connectivity index (χ2n) is 4.12. The van der Waals surface area contributed by atoms with Crippen molar-refractivity contribution in [3.63, 3.8) is 0 Å². The van der Waals surface area contributed by atoms with Gasteiger partial charge in [0.25, 0.3) is 0 Å². The van der Waals surface area contributed by atoms with Crippen molar-refractivity contribution in [2.75, 3.05) is 19.8 Å². The summed E-state index contributed by atoms with van der Waals surface area (Å²) in [7, 11) is 0. The van der Waals surface area contributed by atoms with Crippen molar-refractivity contribution in [1.29, 1.82) is 0 Å². The molecule has 0 aliphatic heterocycles. The Morgan fingerprint density at radius 2 is 1.72 bits per heavy atom. The molecular formula is C14H22O4. The van der Waals surface area contributed by atoms with Crippen LogP contribution in [-0.2, 0) is 4.74 Å². The summed E-state index contributed by atoms with van der Waals surface area (Å²) in [6.07, 6.45) is -0.360. The molecule has 0 saturated carbocycles. The molecule has 0 aromatic heterocycles. The average molecular weight is 254 g/mol. The van der Waals surface area contributed by atoms with E-state index in [1.165, 1.54) is 0 Å². The number of hydrogen-bond donors (Lipinski definition) is 2. The zero-order chi connectivity index (χ0) is 13.4. The Balaban J connectivity index is 2.39. The summed E-state index contributed by atoms with van der Waals surface area (Å²) in [4.78, 5) is 0. The van der Waals surface area contributed by atoms with E-state index >= 15 is 0 Å². The monoisotopic (exact) mass is 254 g/mol. The first-order chi connectivity index (χ1) is 8.67. The first-order valence-corrected chi connectivity index (χ1v) is 6.34. The number of aliphatic hydroxyl groups is 2. The van der Waals surface area contributed by atoms with Gasteiger partial charge in [-0.25, -0.2) is 0 Å². The summed E-state index contributed by atoms with van der Waals surface area (Å²) in [6.45, 7) is 4.88. The van der Waals surface area contributed by atoms with Crippen molar-refractivity contribution in [3.8, 4) is 5.75 Å². The van der Waals surface area contributed by atoms with E-state index in [1.54, 1.807) is 12.1 Å². The summed E-state index contributed by atoms with van der Waals surface area (Å²) < 4.78 is 10.5. The van der Waals surface area contributed by atoms with Crippen molar-refractivity contribution in [3.05, 3.63) is 29.8 Å². The van der Waals surface area contributed by atoms with Crippen LogP contribution in [-0.4, -0.2) is 36.1 Å². The van der Waals surface area contributed by atoms with Crippen LogP contribution in [0.5, 0.6) is 5.75 Å². The van der Waals surface area contributed by atoms with Gasteiger partial charge in [-0.05, 0) is 31.0 Å². The van der Waals surface area contributed by atoms with Crippen LogP contribution in [0.15, 0.2) is 24.3 Å². The molecule has 0 radical (unpaired) electrons. The van der Waals surface area contributed by atoms with Crippen molar-refractivity contribution >= 4 is 0 Å². The largest absolute Gasteiger partial charge is 0.491 e. The van der Waals surface area contributed by atoms with Gasteiger partial charge >= 0.3 is 0 Å². The van der Waals surface area contributed by atoms with Crippen molar-refractivity contribution in [2.24, 2.45) is 0 Å². The number of rotatable bonds is 8. The van der Waals surface area contributed by atoms with Crippen LogP contribution in [0.2, 0.25) is 0 Å². The van der Waals surface area contributed by atoms with Gasteiger partial charge in [-0.15, -0.1) is 0 Å². The summed E-state index contributed by atoms with van der Waals surface area (Å²) in [5, 5.41) is 19.2. The molecule has 0 aliphatic rings. The molecule has 1 rings (SSSR count). The maximum Gasteiger partial charge on any atom is 0.119 e. The maximum atomic E-state index is 9.64. The minimum absolute atomic E-state index is 0.204. The number of benzene rings is 1. The molecule has 0 amide bonds. The fourth-order valence-electron chi connectivity index (χ4n) is 1.52. The van der Waals surface area contributed by atoms with Crippen LogP contribution in [0, 0.1) is 0 Å². The molecule has 2 atom stereocenters. The van der Waals surface area contributed by atoms with Crippen molar-refractivity contribution < 1.29 is 19.7 Å². The average Bonchev–Trinajstić information content (AvgIpc) is 2.42. The van der Waals surface area contributed by atoms with E-state index in [1.807, 2.05) is 26.0 Å². The highest BCUT2D eigenvalue weighted by Gasteiger charge is 2.07. The second kappa shape index (κ2) is 8.08. The molecule has 0 aliphatic carbocycles. The minimum Gasteiger partial charge on any atom is -0.491 e. The Bertz CT molecular complexity index is 323. The molecule has 4 nitrogen and oxygen atoms in total. The third-order valence-corrected chi connectivity index (χ3v) is 2.61. The smallest absolute Gasteiger partial charge is 0.119 e. The van der Waals surface area contributed by atoms with Gasteiger partial charge in [0.05, 0.1) is 12.7 Å². The Morgan fingerprint density at radius 1 is 1.06 bits per heavy atom. The molecule has 102 valence electrons. The number of hydrogen-bond acceptors (Lipinski definition) is 4. The standard InChI is InChI=1S/C14H22O4/c1-3-14(16)11-5-7-13(8-6-11)18-10-12(15)9-17-4-2/h5-8,12,14-16H,3-4,9-10H2,1-2H3/t12?,14-/m0/s1. The lowest BCUT2D eigenvalue weighted by Gasteiger charge is -2.13. The van der Waals surface area contributed by atoms with Crippen LogP contribution in [0.25, 0.3) is 0 Å². The molecule has 1 aromatic rings. The second-order valence-corrected chi connectivity index (χ2v) is 4.12. The topological polar surface area (TPSA) is 58.9 Å². The Hall–Kier alpha value is -1.10. The van der Waals surface area contributed by atoms with Gasteiger partial charge in [0, 0.05) is 6.61 Å². The quantitative estimate of drug-likeness (QED) is 0.744. The third-order valence-electron chi connectivity index (χ3n) is 2.61. The van der Waals surface area contributed by atoms with Crippen LogP contribution < -0.4 is 4.74 Å². The van der Waals surface area contributed by atoms with Crippen LogP contribution in [0.1, 0.15) is 31.9 Å². The maximum absolute atomic E-state index is 9.64. The first-order valence-electron chi connectivity index (χ1n) is 6.34. The fraction of sp³-hybridized carbons (Fsp3) is 0.571. The molecule has 1 aromatic carbocycles. The summed E-state index contributed by atoms with van der Waals surface area (Å²) >= 11 is 0. The summed E-state index contributed by atoms with van der Waals surface area (Å²) in [5.41, 5.74) is 0.875. The molecule has 0 saturated heterocycles. The molecule has 0 heterocycles. The van der Waals surface area contributed by atoms with Gasteiger partial charge in [-0.1, -0.05) is 19.1 Å². The van der Waals surface area contributed by atoms with Gasteiger partial charge in [-0.3, -0.25) is 0 Å². The first kappa shape index (κ1) is 15.0. The SMILES string of the molecule is CCOCC(O)COc1ccc([C@@H](O)CC)cc1. The Kier molecular flexibility index (Phi) is 6.72. The van der Waals surface area contributed by atoms with E-state index < -0.39 is 12.2 Å². The normalized spacial score (nSPS) is 14.2.